The average Bonchev–Trinajstić information content (AvgIpc) is 3.01. The second-order valence-corrected chi connectivity index (χ2v) is 9.55. The number of nitriles is 1. The molecule has 1 aliphatic heterocycles. The molecule has 0 spiro atoms. The van der Waals surface area contributed by atoms with Gasteiger partial charge in [-0.2, -0.15) is 5.26 Å². The van der Waals surface area contributed by atoms with Gasteiger partial charge < -0.3 is 10.1 Å². The largest absolute Gasteiger partial charge is 0.466 e. The molecule has 2 unspecified atom stereocenters. The molecule has 1 N–H and O–H groups in total. The highest BCUT2D eigenvalue weighted by Gasteiger charge is 2.64. The summed E-state index contributed by atoms with van der Waals surface area (Å²) in [6.45, 7) is 2.04. The Labute approximate surface area is 203 Å². The Balaban J connectivity index is 1.84. The number of fused-ring (bicyclic) bond motifs is 1. The minimum Gasteiger partial charge on any atom is -0.466 e. The monoisotopic (exact) mass is 485 g/mol. The molecule has 2 amide bonds. The number of halogens is 2. The standard InChI is InChI=1S/C25H25Cl2N3O3/c1-2-33-22(31)15-25-10-4-3-9-24(25,14-17-5-7-18(16-28)8-6-17)29-23(32)30(25)21-12-19(26)11-20(27)13-21/h5-8,11-13H,2-4,9-10,14-15H2,1H3,(H,29,32). The summed E-state index contributed by atoms with van der Waals surface area (Å²) in [4.78, 5) is 28.1. The van der Waals surface area contributed by atoms with Crippen LogP contribution in [0, 0.1) is 11.3 Å². The summed E-state index contributed by atoms with van der Waals surface area (Å²) in [5.74, 6) is -0.349. The molecule has 1 aliphatic carbocycles. The van der Waals surface area contributed by atoms with Crippen molar-refractivity contribution >= 4 is 40.9 Å². The third-order valence-corrected chi connectivity index (χ3v) is 7.19. The topological polar surface area (TPSA) is 82.4 Å². The first-order valence-electron chi connectivity index (χ1n) is 11.1. The third-order valence-electron chi connectivity index (χ3n) is 6.75. The lowest BCUT2D eigenvalue weighted by Crippen LogP contribution is -2.65. The number of ether oxygens (including phenoxy) is 1. The van der Waals surface area contributed by atoms with E-state index in [0.29, 0.717) is 40.6 Å². The van der Waals surface area contributed by atoms with Crippen LogP contribution in [0.4, 0.5) is 10.5 Å². The Morgan fingerprint density at radius 3 is 2.45 bits per heavy atom. The van der Waals surface area contributed by atoms with Crippen molar-refractivity contribution in [2.45, 2.75) is 56.5 Å². The summed E-state index contributed by atoms with van der Waals surface area (Å²) in [5, 5.41) is 13.2. The minimum absolute atomic E-state index is 0.0555. The number of nitrogens with zero attached hydrogens (tertiary/aromatic N) is 2. The Morgan fingerprint density at radius 1 is 1.15 bits per heavy atom. The van der Waals surface area contributed by atoms with Crippen LogP contribution in [-0.2, 0) is 16.0 Å². The molecule has 2 aromatic carbocycles. The fourth-order valence-corrected chi connectivity index (χ4v) is 5.95. The second-order valence-electron chi connectivity index (χ2n) is 8.68. The van der Waals surface area contributed by atoms with Crippen molar-refractivity contribution in [3.8, 4) is 6.07 Å². The summed E-state index contributed by atoms with van der Waals surface area (Å²) in [6.07, 6.45) is 3.71. The number of hydrogen-bond donors (Lipinski definition) is 1. The predicted octanol–water partition coefficient (Wildman–Crippen LogP) is 5.64. The smallest absolute Gasteiger partial charge is 0.323 e. The summed E-state index contributed by atoms with van der Waals surface area (Å²) < 4.78 is 5.35. The van der Waals surface area contributed by atoms with Gasteiger partial charge in [0.25, 0.3) is 0 Å². The molecule has 1 heterocycles. The maximum Gasteiger partial charge on any atom is 0.323 e. The Morgan fingerprint density at radius 2 is 1.82 bits per heavy atom. The van der Waals surface area contributed by atoms with E-state index in [1.807, 2.05) is 12.1 Å². The number of anilines is 1. The van der Waals surface area contributed by atoms with Crippen LogP contribution in [0.25, 0.3) is 0 Å². The zero-order chi connectivity index (χ0) is 23.6. The maximum absolute atomic E-state index is 13.5. The van der Waals surface area contributed by atoms with Crippen LogP contribution in [0.1, 0.15) is 50.2 Å². The number of carbonyl (C=O) groups is 2. The number of amides is 2. The average molecular weight is 486 g/mol. The van der Waals surface area contributed by atoms with E-state index in [2.05, 4.69) is 11.4 Å². The van der Waals surface area contributed by atoms with Crippen LogP contribution >= 0.6 is 23.2 Å². The summed E-state index contributed by atoms with van der Waals surface area (Å²) in [6, 6.07) is 14.2. The number of nitrogens with one attached hydrogen (secondary N) is 1. The molecule has 2 atom stereocenters. The highest BCUT2D eigenvalue weighted by molar-refractivity contribution is 6.35. The van der Waals surface area contributed by atoms with Crippen LogP contribution in [-0.4, -0.2) is 29.7 Å². The molecule has 172 valence electrons. The van der Waals surface area contributed by atoms with Gasteiger partial charge in [0.05, 0.1) is 35.7 Å². The van der Waals surface area contributed by atoms with E-state index < -0.39 is 11.1 Å². The third kappa shape index (κ3) is 4.28. The van der Waals surface area contributed by atoms with Crippen LogP contribution in [0.5, 0.6) is 0 Å². The van der Waals surface area contributed by atoms with Gasteiger partial charge in [0.1, 0.15) is 0 Å². The number of hydrogen-bond acceptors (Lipinski definition) is 4. The van der Waals surface area contributed by atoms with E-state index in [9.17, 15) is 9.59 Å². The van der Waals surface area contributed by atoms with Crippen LogP contribution in [0.2, 0.25) is 10.0 Å². The molecule has 0 radical (unpaired) electrons. The van der Waals surface area contributed by atoms with E-state index in [-0.39, 0.29) is 25.0 Å². The molecule has 8 heteroatoms. The van der Waals surface area contributed by atoms with Gasteiger partial charge in [-0.1, -0.05) is 48.2 Å². The maximum atomic E-state index is 13.5. The number of carbonyl (C=O) groups excluding carboxylic acids is 2. The molecule has 4 rings (SSSR count). The van der Waals surface area contributed by atoms with E-state index >= 15 is 0 Å². The zero-order valence-electron chi connectivity index (χ0n) is 18.4. The van der Waals surface area contributed by atoms with Crippen molar-refractivity contribution in [3.63, 3.8) is 0 Å². The summed E-state index contributed by atoms with van der Waals surface area (Å²) in [7, 11) is 0. The lowest BCUT2D eigenvalue weighted by molar-refractivity contribution is -0.145. The van der Waals surface area contributed by atoms with Crippen molar-refractivity contribution in [3.05, 3.63) is 63.6 Å². The second kappa shape index (κ2) is 9.24. The molecular formula is C25H25Cl2N3O3. The molecule has 2 aliphatic rings. The fraction of sp³-hybridized carbons (Fsp3) is 0.400. The van der Waals surface area contributed by atoms with E-state index in [4.69, 9.17) is 33.2 Å². The lowest BCUT2D eigenvalue weighted by Gasteiger charge is -2.51. The van der Waals surface area contributed by atoms with Crippen molar-refractivity contribution < 1.29 is 14.3 Å². The number of benzene rings is 2. The van der Waals surface area contributed by atoms with Gasteiger partial charge in [-0.3, -0.25) is 9.69 Å². The molecule has 33 heavy (non-hydrogen) atoms. The van der Waals surface area contributed by atoms with Crippen LogP contribution < -0.4 is 10.2 Å². The van der Waals surface area contributed by atoms with E-state index in [1.165, 1.54) is 0 Å². The molecule has 2 fully saturated rings. The Bertz CT molecular complexity index is 1090. The van der Waals surface area contributed by atoms with Crippen molar-refractivity contribution in [2.24, 2.45) is 0 Å². The van der Waals surface area contributed by atoms with Gasteiger partial charge in [-0.05, 0) is 62.1 Å². The van der Waals surface area contributed by atoms with Crippen molar-refractivity contribution in [1.29, 1.82) is 5.26 Å². The highest BCUT2D eigenvalue weighted by atomic mass is 35.5. The molecular weight excluding hydrogens is 461 g/mol. The van der Waals surface area contributed by atoms with Gasteiger partial charge >= 0.3 is 12.0 Å². The quantitative estimate of drug-likeness (QED) is 0.536. The minimum atomic E-state index is -0.851. The predicted molar refractivity (Wildman–Crippen MR) is 128 cm³/mol. The van der Waals surface area contributed by atoms with Crippen molar-refractivity contribution in [1.82, 2.24) is 5.32 Å². The molecule has 0 aromatic heterocycles. The molecule has 2 aromatic rings. The number of urea groups is 1. The summed E-state index contributed by atoms with van der Waals surface area (Å²) in [5.41, 5.74) is 0.561. The zero-order valence-corrected chi connectivity index (χ0v) is 19.9. The number of rotatable bonds is 6. The summed E-state index contributed by atoms with van der Waals surface area (Å²) >= 11 is 12.6. The van der Waals surface area contributed by atoms with Gasteiger partial charge in [-0.25, -0.2) is 4.79 Å². The molecule has 1 saturated heterocycles. The molecule has 6 nitrogen and oxygen atoms in total. The van der Waals surface area contributed by atoms with E-state index in [1.54, 1.807) is 42.2 Å². The normalized spacial score (nSPS) is 24.1. The molecule has 0 bridgehead atoms. The van der Waals surface area contributed by atoms with Crippen LogP contribution in [0.15, 0.2) is 42.5 Å². The Kier molecular flexibility index (Phi) is 6.56. The highest BCUT2D eigenvalue weighted by Crippen LogP contribution is 2.51. The fourth-order valence-electron chi connectivity index (χ4n) is 5.44. The first-order chi connectivity index (χ1) is 15.8. The van der Waals surface area contributed by atoms with Gasteiger partial charge in [0.15, 0.2) is 0 Å². The Hall–Kier alpha value is -2.75. The number of esters is 1. The van der Waals surface area contributed by atoms with Gasteiger partial charge in [0.2, 0.25) is 0 Å². The molecule has 1 saturated carbocycles. The first-order valence-corrected chi connectivity index (χ1v) is 11.8. The van der Waals surface area contributed by atoms with Crippen molar-refractivity contribution in [2.75, 3.05) is 11.5 Å². The van der Waals surface area contributed by atoms with Crippen LogP contribution in [0.3, 0.4) is 0 Å². The lowest BCUT2D eigenvalue weighted by atomic mass is 9.63. The van der Waals surface area contributed by atoms with E-state index in [0.717, 1.165) is 18.4 Å². The van der Waals surface area contributed by atoms with Gasteiger partial charge in [-0.15, -0.1) is 0 Å². The first kappa shape index (κ1) is 23.4. The SMILES string of the molecule is CCOC(=O)CC12CCCCC1(Cc1ccc(C#N)cc1)NC(=O)N2c1cc(Cl)cc(Cl)c1. The van der Waals surface area contributed by atoms with Gasteiger partial charge in [0, 0.05) is 15.7 Å².